The molecule has 0 aliphatic heterocycles. The van der Waals surface area contributed by atoms with Gasteiger partial charge >= 0.3 is 0 Å². The number of nitrogen functional groups attached to an aromatic ring is 1. The number of rotatable bonds is 4. The molecule has 0 amide bonds. The Labute approximate surface area is 156 Å². The molecule has 2 aromatic carbocycles. The third-order valence-electron chi connectivity index (χ3n) is 4.15. The molecule has 3 N–H and O–H groups in total. The van der Waals surface area contributed by atoms with Crippen molar-refractivity contribution in [3.63, 3.8) is 0 Å². The summed E-state index contributed by atoms with van der Waals surface area (Å²) < 4.78 is 29.3. The number of hydrogen-bond acceptors (Lipinski definition) is 5. The lowest BCUT2D eigenvalue weighted by atomic mass is 10.2. The zero-order valence-corrected chi connectivity index (χ0v) is 15.3. The van der Waals surface area contributed by atoms with Crippen molar-refractivity contribution in [2.24, 2.45) is 0 Å². The maximum Gasteiger partial charge on any atom is 0.264 e. The van der Waals surface area contributed by atoms with Gasteiger partial charge in [-0.3, -0.25) is 0 Å². The molecule has 0 saturated heterocycles. The van der Waals surface area contributed by atoms with Crippen molar-refractivity contribution in [2.45, 2.75) is 11.8 Å². The molecule has 0 bridgehead atoms. The molecule has 0 atom stereocenters. The Morgan fingerprint density at radius 3 is 2.59 bits per heavy atom. The summed E-state index contributed by atoms with van der Waals surface area (Å²) in [6.07, 6.45) is 3.41. The van der Waals surface area contributed by atoms with Crippen molar-refractivity contribution in [1.29, 1.82) is 0 Å². The highest BCUT2D eigenvalue weighted by molar-refractivity contribution is 7.92. The highest BCUT2D eigenvalue weighted by Crippen LogP contribution is 2.21. The molecule has 27 heavy (non-hydrogen) atoms. The lowest BCUT2D eigenvalue weighted by Crippen LogP contribution is -2.15. The topological polar surface area (TPSA) is 103 Å². The second-order valence-corrected chi connectivity index (χ2v) is 7.84. The Bertz CT molecular complexity index is 1230. The van der Waals surface area contributed by atoms with E-state index < -0.39 is 10.0 Å². The Morgan fingerprint density at radius 2 is 1.81 bits per heavy atom. The molecule has 2 aromatic heterocycles. The number of aromatic nitrogens is 3. The molecule has 136 valence electrons. The van der Waals surface area contributed by atoms with Crippen LogP contribution in [0.3, 0.4) is 0 Å². The predicted molar refractivity (Wildman–Crippen MR) is 105 cm³/mol. The number of fused-ring (bicyclic) bond motifs is 1. The molecule has 0 saturated carbocycles. The monoisotopic (exact) mass is 379 g/mol. The largest absolute Gasteiger partial charge is 0.399 e. The fourth-order valence-corrected chi connectivity index (χ4v) is 3.77. The van der Waals surface area contributed by atoms with Gasteiger partial charge in [-0.2, -0.15) is 4.98 Å². The minimum absolute atomic E-state index is 0.00159. The number of nitrogens with zero attached hydrogens (tertiary/aromatic N) is 3. The number of hydrogen-bond donors (Lipinski definition) is 2. The second-order valence-electron chi connectivity index (χ2n) is 6.16. The number of aryl methyl sites for hydroxylation is 1. The van der Waals surface area contributed by atoms with Gasteiger partial charge in [0.15, 0.2) is 0 Å². The van der Waals surface area contributed by atoms with Gasteiger partial charge in [0.25, 0.3) is 10.0 Å². The average molecular weight is 379 g/mol. The molecule has 7 nitrogen and oxygen atoms in total. The third-order valence-corrected chi connectivity index (χ3v) is 5.49. The molecule has 0 aliphatic carbocycles. The molecule has 0 fully saturated rings. The van der Waals surface area contributed by atoms with Crippen molar-refractivity contribution in [3.8, 4) is 5.82 Å². The van der Waals surface area contributed by atoms with Gasteiger partial charge in [-0.05, 0) is 55.5 Å². The van der Waals surface area contributed by atoms with Gasteiger partial charge in [0.2, 0.25) is 5.95 Å². The summed E-state index contributed by atoms with van der Waals surface area (Å²) in [6, 6.07) is 15.7. The summed E-state index contributed by atoms with van der Waals surface area (Å²) in [4.78, 5) is 8.48. The van der Waals surface area contributed by atoms with E-state index in [0.29, 0.717) is 11.5 Å². The van der Waals surface area contributed by atoms with Gasteiger partial charge in [-0.25, -0.2) is 18.1 Å². The van der Waals surface area contributed by atoms with Crippen LogP contribution in [0.2, 0.25) is 0 Å². The van der Waals surface area contributed by atoms with E-state index in [4.69, 9.17) is 5.73 Å². The first-order valence-corrected chi connectivity index (χ1v) is 9.70. The van der Waals surface area contributed by atoms with E-state index in [1.807, 2.05) is 35.9 Å². The predicted octanol–water partition coefficient (Wildman–Crippen LogP) is 3.11. The van der Waals surface area contributed by atoms with Crippen molar-refractivity contribution in [1.82, 2.24) is 14.5 Å². The number of nitrogens with one attached hydrogen (secondary N) is 1. The molecule has 8 heteroatoms. The van der Waals surface area contributed by atoms with Crippen LogP contribution >= 0.6 is 0 Å². The first-order chi connectivity index (χ1) is 12.9. The Morgan fingerprint density at radius 1 is 1.04 bits per heavy atom. The molecule has 0 unspecified atom stereocenters. The van der Waals surface area contributed by atoms with Gasteiger partial charge in [0.1, 0.15) is 5.82 Å². The van der Waals surface area contributed by atoms with E-state index in [0.717, 1.165) is 10.9 Å². The van der Waals surface area contributed by atoms with E-state index in [2.05, 4.69) is 20.8 Å². The molecular formula is C19H17N5O2S. The molecule has 0 spiro atoms. The Kier molecular flexibility index (Phi) is 4.04. The van der Waals surface area contributed by atoms with Crippen LogP contribution in [0.1, 0.15) is 5.56 Å². The zero-order chi connectivity index (χ0) is 19.0. The SMILES string of the molecule is Cc1ccc2c(ccn2-c2ccnc(NS(=O)(=O)c3ccc(N)cc3)n2)c1. The number of benzene rings is 2. The summed E-state index contributed by atoms with van der Waals surface area (Å²) in [5, 5.41) is 1.08. The van der Waals surface area contributed by atoms with Crippen LogP contribution in [-0.2, 0) is 10.0 Å². The van der Waals surface area contributed by atoms with Crippen LogP contribution in [0.5, 0.6) is 0 Å². The standard InChI is InChI=1S/C19H17N5O2S/c1-13-2-7-17-14(12-13)9-11-24(17)18-8-10-21-19(22-18)23-27(25,26)16-5-3-15(20)4-6-16/h2-12H,20H2,1H3,(H,21,22,23). The van der Waals surface area contributed by atoms with E-state index in [1.165, 1.54) is 36.0 Å². The lowest BCUT2D eigenvalue weighted by Gasteiger charge is -2.09. The van der Waals surface area contributed by atoms with Gasteiger partial charge in [-0.15, -0.1) is 0 Å². The molecule has 4 aromatic rings. The summed E-state index contributed by atoms with van der Waals surface area (Å²) >= 11 is 0. The highest BCUT2D eigenvalue weighted by Gasteiger charge is 2.16. The van der Waals surface area contributed by atoms with Gasteiger partial charge in [0.05, 0.1) is 10.4 Å². The average Bonchev–Trinajstić information content (AvgIpc) is 3.05. The molecule has 4 rings (SSSR count). The van der Waals surface area contributed by atoms with Crippen molar-refractivity contribution < 1.29 is 8.42 Å². The smallest absolute Gasteiger partial charge is 0.264 e. The van der Waals surface area contributed by atoms with Gasteiger partial charge in [0, 0.05) is 23.5 Å². The molecule has 0 aliphatic rings. The van der Waals surface area contributed by atoms with E-state index in [1.54, 1.807) is 6.07 Å². The molecule has 2 heterocycles. The number of sulfonamides is 1. The van der Waals surface area contributed by atoms with Gasteiger partial charge < -0.3 is 10.3 Å². The Hall–Kier alpha value is -3.39. The maximum absolute atomic E-state index is 12.5. The van der Waals surface area contributed by atoms with Crippen LogP contribution in [0.4, 0.5) is 11.6 Å². The maximum atomic E-state index is 12.5. The van der Waals surface area contributed by atoms with Crippen molar-refractivity contribution >= 4 is 32.6 Å². The zero-order valence-electron chi connectivity index (χ0n) is 14.5. The van der Waals surface area contributed by atoms with Crippen LogP contribution in [0.25, 0.3) is 16.7 Å². The quantitative estimate of drug-likeness (QED) is 0.530. The van der Waals surface area contributed by atoms with Crippen molar-refractivity contribution in [2.75, 3.05) is 10.5 Å². The Balaban J connectivity index is 1.69. The van der Waals surface area contributed by atoms with E-state index in [9.17, 15) is 8.42 Å². The minimum atomic E-state index is -3.80. The first kappa shape index (κ1) is 17.0. The van der Waals surface area contributed by atoms with Crippen LogP contribution in [0.15, 0.2) is 71.9 Å². The fraction of sp³-hybridized carbons (Fsp3) is 0.0526. The van der Waals surface area contributed by atoms with E-state index in [-0.39, 0.29) is 10.8 Å². The number of nitrogens with two attached hydrogens (primary N) is 1. The van der Waals surface area contributed by atoms with Gasteiger partial charge in [-0.1, -0.05) is 11.6 Å². The lowest BCUT2D eigenvalue weighted by molar-refractivity contribution is 0.601. The minimum Gasteiger partial charge on any atom is -0.399 e. The summed E-state index contributed by atoms with van der Waals surface area (Å²) in [5.41, 5.74) is 8.24. The normalized spacial score (nSPS) is 11.6. The summed E-state index contributed by atoms with van der Waals surface area (Å²) in [6.45, 7) is 2.03. The van der Waals surface area contributed by atoms with Crippen LogP contribution in [-0.4, -0.2) is 23.0 Å². The molecular weight excluding hydrogens is 362 g/mol. The fourth-order valence-electron chi connectivity index (χ4n) is 2.82. The van der Waals surface area contributed by atoms with E-state index >= 15 is 0 Å². The highest BCUT2D eigenvalue weighted by atomic mass is 32.2. The van der Waals surface area contributed by atoms with Crippen LogP contribution < -0.4 is 10.5 Å². The summed E-state index contributed by atoms with van der Waals surface area (Å²) in [5.74, 6) is 0.567. The van der Waals surface area contributed by atoms with Crippen LogP contribution in [0, 0.1) is 6.92 Å². The second kappa shape index (κ2) is 6.40. The number of anilines is 2. The summed E-state index contributed by atoms with van der Waals surface area (Å²) in [7, 11) is -3.80. The molecule has 0 radical (unpaired) electrons. The van der Waals surface area contributed by atoms with Crippen molar-refractivity contribution in [3.05, 3.63) is 72.6 Å². The first-order valence-electron chi connectivity index (χ1n) is 8.22. The third kappa shape index (κ3) is 3.34.